The Morgan fingerprint density at radius 2 is 1.52 bits per heavy atom. The standard InChI is InChI=1S/C27H28F4N2O7/c1-13(9-19(34)26(39)32-17-8-6-5-7-14(17)27(2,3)4)25(38)33-18(11-21(36)37)20(35)12-40-24-22(30)15(28)10-16(29)23(24)31/h5-8,10,13,18H,9,11-12H2,1-4H3,(H,32,39)(H,33,38)(H,36,37)/t13-,18+/m1/s1. The van der Waals surface area contributed by atoms with E-state index >= 15 is 0 Å². The normalized spacial score (nSPS) is 12.7. The first-order valence-corrected chi connectivity index (χ1v) is 12.0. The minimum absolute atomic E-state index is 0.0703. The summed E-state index contributed by atoms with van der Waals surface area (Å²) in [6.07, 6.45) is -1.58. The molecular formula is C27H28F4N2O7. The molecule has 0 bridgehead atoms. The van der Waals surface area contributed by atoms with E-state index in [0.717, 1.165) is 5.56 Å². The number of hydrogen-bond donors (Lipinski definition) is 3. The maximum atomic E-state index is 13.8. The number of ketones is 2. The number of carboxylic acids is 1. The van der Waals surface area contributed by atoms with Crippen LogP contribution in [0.25, 0.3) is 0 Å². The molecule has 0 fully saturated rings. The molecule has 40 heavy (non-hydrogen) atoms. The number of amides is 2. The smallest absolute Gasteiger partial charge is 0.305 e. The first-order valence-electron chi connectivity index (χ1n) is 12.0. The summed E-state index contributed by atoms with van der Waals surface area (Å²) in [5, 5.41) is 13.7. The molecule has 2 amide bonds. The molecule has 0 saturated heterocycles. The third-order valence-corrected chi connectivity index (χ3v) is 5.69. The number of anilines is 1. The Morgan fingerprint density at radius 1 is 0.950 bits per heavy atom. The molecule has 2 aromatic carbocycles. The van der Waals surface area contributed by atoms with Crippen LogP contribution in [0.3, 0.4) is 0 Å². The van der Waals surface area contributed by atoms with E-state index in [4.69, 9.17) is 5.11 Å². The number of halogens is 4. The van der Waals surface area contributed by atoms with Crippen LogP contribution in [0.2, 0.25) is 0 Å². The van der Waals surface area contributed by atoms with Gasteiger partial charge >= 0.3 is 5.97 Å². The number of hydrogen-bond acceptors (Lipinski definition) is 6. The van der Waals surface area contributed by atoms with Crippen LogP contribution in [-0.2, 0) is 29.4 Å². The van der Waals surface area contributed by atoms with Gasteiger partial charge in [0.1, 0.15) is 12.6 Å². The molecule has 9 nitrogen and oxygen atoms in total. The van der Waals surface area contributed by atoms with Crippen molar-refractivity contribution in [2.24, 2.45) is 5.92 Å². The highest BCUT2D eigenvalue weighted by Crippen LogP contribution is 2.29. The lowest BCUT2D eigenvalue weighted by Crippen LogP contribution is -2.46. The minimum atomic E-state index is -1.92. The third kappa shape index (κ3) is 8.35. The quantitative estimate of drug-likeness (QED) is 0.202. The van der Waals surface area contributed by atoms with Crippen molar-refractivity contribution in [1.82, 2.24) is 5.32 Å². The Hall–Kier alpha value is -4.29. The fraction of sp³-hybridized carbons (Fsp3) is 0.370. The summed E-state index contributed by atoms with van der Waals surface area (Å²) in [4.78, 5) is 61.3. The molecular weight excluding hydrogens is 540 g/mol. The summed E-state index contributed by atoms with van der Waals surface area (Å²) in [6.45, 7) is 5.74. The average molecular weight is 569 g/mol. The summed E-state index contributed by atoms with van der Waals surface area (Å²) in [7, 11) is 0. The lowest BCUT2D eigenvalue weighted by atomic mass is 9.86. The molecule has 0 radical (unpaired) electrons. The monoisotopic (exact) mass is 568 g/mol. The Bertz CT molecular complexity index is 1300. The van der Waals surface area contributed by atoms with Gasteiger partial charge < -0.3 is 20.5 Å². The van der Waals surface area contributed by atoms with Crippen molar-refractivity contribution < 1.29 is 51.4 Å². The molecule has 0 unspecified atom stereocenters. The van der Waals surface area contributed by atoms with Crippen LogP contribution < -0.4 is 15.4 Å². The van der Waals surface area contributed by atoms with E-state index in [2.05, 4.69) is 15.4 Å². The van der Waals surface area contributed by atoms with E-state index in [1.54, 1.807) is 24.3 Å². The highest BCUT2D eigenvalue weighted by molar-refractivity contribution is 6.41. The molecule has 0 aliphatic carbocycles. The van der Waals surface area contributed by atoms with Crippen LogP contribution in [0.15, 0.2) is 30.3 Å². The first kappa shape index (κ1) is 31.9. The Balaban J connectivity index is 2.06. The van der Waals surface area contributed by atoms with Crippen LogP contribution in [0.1, 0.15) is 46.1 Å². The molecule has 0 saturated carbocycles. The number of para-hydroxylation sites is 1. The van der Waals surface area contributed by atoms with Gasteiger partial charge in [-0.3, -0.25) is 24.0 Å². The van der Waals surface area contributed by atoms with Gasteiger partial charge in [-0.1, -0.05) is 45.9 Å². The first-order chi connectivity index (χ1) is 18.5. The fourth-order valence-corrected chi connectivity index (χ4v) is 3.56. The van der Waals surface area contributed by atoms with E-state index in [0.29, 0.717) is 5.69 Å². The second kappa shape index (κ2) is 13.2. The van der Waals surface area contributed by atoms with Gasteiger partial charge in [0.05, 0.1) is 6.42 Å². The van der Waals surface area contributed by atoms with Crippen molar-refractivity contribution in [3.8, 4) is 5.75 Å². The Morgan fingerprint density at radius 3 is 2.08 bits per heavy atom. The van der Waals surface area contributed by atoms with Gasteiger partial charge in [-0.2, -0.15) is 8.78 Å². The molecule has 2 atom stereocenters. The molecule has 0 spiro atoms. The van der Waals surface area contributed by atoms with Gasteiger partial charge in [0.25, 0.3) is 5.91 Å². The third-order valence-electron chi connectivity index (χ3n) is 5.69. The van der Waals surface area contributed by atoms with Crippen molar-refractivity contribution >= 4 is 35.0 Å². The summed E-state index contributed by atoms with van der Waals surface area (Å²) in [5.41, 5.74) is 0.819. The molecule has 0 aliphatic heterocycles. The van der Waals surface area contributed by atoms with Gasteiger partial charge in [0, 0.05) is 24.1 Å². The number of carboxylic acid groups (broad SMARTS) is 1. The Kier molecular flexibility index (Phi) is 10.5. The van der Waals surface area contributed by atoms with Gasteiger partial charge in [0.15, 0.2) is 23.2 Å². The molecule has 0 aliphatic rings. The second-order valence-corrected chi connectivity index (χ2v) is 9.99. The van der Waals surface area contributed by atoms with Gasteiger partial charge in [-0.15, -0.1) is 0 Å². The van der Waals surface area contributed by atoms with Crippen molar-refractivity contribution in [2.45, 2.75) is 52.0 Å². The number of nitrogens with one attached hydrogen (secondary N) is 2. The van der Waals surface area contributed by atoms with Crippen LogP contribution >= 0.6 is 0 Å². The lowest BCUT2D eigenvalue weighted by Gasteiger charge is -2.23. The second-order valence-electron chi connectivity index (χ2n) is 9.99. The van der Waals surface area contributed by atoms with Crippen LogP contribution in [0.4, 0.5) is 23.2 Å². The van der Waals surface area contributed by atoms with Gasteiger partial charge in [-0.05, 0) is 17.0 Å². The maximum Gasteiger partial charge on any atom is 0.305 e. The van der Waals surface area contributed by atoms with Crippen LogP contribution in [0.5, 0.6) is 5.75 Å². The molecule has 3 N–H and O–H groups in total. The van der Waals surface area contributed by atoms with E-state index in [1.165, 1.54) is 6.92 Å². The average Bonchev–Trinajstić information content (AvgIpc) is 2.86. The fourth-order valence-electron chi connectivity index (χ4n) is 3.56. The highest BCUT2D eigenvalue weighted by Gasteiger charge is 2.30. The number of rotatable bonds is 12. The van der Waals surface area contributed by atoms with Crippen LogP contribution in [0, 0.1) is 29.2 Å². The molecule has 2 aromatic rings. The molecule has 216 valence electrons. The molecule has 0 heterocycles. The highest BCUT2D eigenvalue weighted by atomic mass is 19.2. The van der Waals surface area contributed by atoms with Crippen molar-refractivity contribution in [1.29, 1.82) is 0 Å². The summed E-state index contributed by atoms with van der Waals surface area (Å²) in [6, 6.07) is 4.98. The summed E-state index contributed by atoms with van der Waals surface area (Å²) >= 11 is 0. The topological polar surface area (TPSA) is 139 Å². The molecule has 13 heteroatoms. The number of ether oxygens (including phenoxy) is 1. The van der Waals surface area contributed by atoms with Crippen molar-refractivity contribution in [3.63, 3.8) is 0 Å². The number of aliphatic carboxylic acids is 1. The number of Topliss-reactive ketones (excluding diaryl/α,β-unsaturated/α-hetero) is 2. The predicted octanol–water partition coefficient (Wildman–Crippen LogP) is 3.68. The van der Waals surface area contributed by atoms with E-state index in [1.807, 2.05) is 20.8 Å². The van der Waals surface area contributed by atoms with Crippen molar-refractivity contribution in [2.75, 3.05) is 11.9 Å². The number of carbonyl (C=O) groups is 5. The van der Waals surface area contributed by atoms with E-state index < -0.39 is 89.8 Å². The maximum absolute atomic E-state index is 13.8. The van der Waals surface area contributed by atoms with Crippen LogP contribution in [-0.4, -0.2) is 47.1 Å². The zero-order chi connectivity index (χ0) is 30.4. The van der Waals surface area contributed by atoms with E-state index in [9.17, 15) is 41.5 Å². The summed E-state index contributed by atoms with van der Waals surface area (Å²) < 4.78 is 58.8. The zero-order valence-electron chi connectivity index (χ0n) is 22.1. The molecule has 0 aromatic heterocycles. The van der Waals surface area contributed by atoms with Crippen molar-refractivity contribution in [3.05, 3.63) is 59.2 Å². The van der Waals surface area contributed by atoms with Gasteiger partial charge in [0.2, 0.25) is 23.3 Å². The predicted molar refractivity (Wildman–Crippen MR) is 134 cm³/mol. The lowest BCUT2D eigenvalue weighted by molar-refractivity contribution is -0.141. The molecule has 2 rings (SSSR count). The zero-order valence-corrected chi connectivity index (χ0v) is 22.1. The van der Waals surface area contributed by atoms with E-state index in [-0.39, 0.29) is 11.5 Å². The Labute approximate surface area is 226 Å². The largest absolute Gasteiger partial charge is 0.481 e. The summed E-state index contributed by atoms with van der Waals surface area (Å²) in [5.74, 6) is -15.8. The SMILES string of the molecule is C[C@H](CC(=O)C(=O)Nc1ccccc1C(C)(C)C)C(=O)N[C@@H](CC(=O)O)C(=O)COc1c(F)c(F)cc(F)c1F. The number of benzene rings is 2. The minimum Gasteiger partial charge on any atom is -0.481 e. The number of carbonyl (C=O) groups excluding carboxylic acids is 4. The van der Waals surface area contributed by atoms with Gasteiger partial charge in [-0.25, -0.2) is 8.78 Å².